The molecule has 1 aliphatic rings. The first kappa shape index (κ1) is 22.3. The zero-order valence-corrected chi connectivity index (χ0v) is 19.2. The van der Waals surface area contributed by atoms with E-state index in [0.717, 1.165) is 60.1 Å². The minimum Gasteiger partial charge on any atom is -0.444 e. The number of nitrogens with zero attached hydrogens (tertiary/aromatic N) is 3. The maximum absolute atomic E-state index is 14.0. The molecule has 4 rings (SSSR count). The summed E-state index contributed by atoms with van der Waals surface area (Å²) >= 11 is 0. The van der Waals surface area contributed by atoms with E-state index >= 15 is 0 Å². The van der Waals surface area contributed by atoms with Crippen LogP contribution in [0.15, 0.2) is 29.1 Å². The van der Waals surface area contributed by atoms with Crippen LogP contribution >= 0.6 is 0 Å². The van der Waals surface area contributed by atoms with Crippen molar-refractivity contribution in [3.63, 3.8) is 0 Å². The van der Waals surface area contributed by atoms with Crippen LogP contribution < -0.4 is 5.43 Å². The van der Waals surface area contributed by atoms with E-state index in [4.69, 9.17) is 4.74 Å². The normalized spacial score (nSPS) is 15.6. The number of nitrogens with one attached hydrogen (secondary N) is 1. The molecule has 0 saturated carbocycles. The third-order valence-corrected chi connectivity index (χ3v) is 5.89. The summed E-state index contributed by atoms with van der Waals surface area (Å²) in [7, 11) is 0. The van der Waals surface area contributed by atoms with Gasteiger partial charge in [0, 0.05) is 61.3 Å². The van der Waals surface area contributed by atoms with E-state index in [1.807, 2.05) is 27.7 Å². The quantitative estimate of drug-likeness (QED) is 0.623. The van der Waals surface area contributed by atoms with Crippen molar-refractivity contribution in [2.75, 3.05) is 32.7 Å². The molecule has 1 N–H and O–H groups in total. The molecule has 3 heterocycles. The molecule has 7 nitrogen and oxygen atoms in total. The van der Waals surface area contributed by atoms with E-state index in [0.29, 0.717) is 13.1 Å². The monoisotopic (exact) mass is 442 g/mol. The summed E-state index contributed by atoms with van der Waals surface area (Å²) in [6.07, 6.45) is 0.625. The molecular formula is C24H31FN4O3. The average Bonchev–Trinajstić information content (AvgIpc) is 3.00. The molecule has 0 bridgehead atoms. The van der Waals surface area contributed by atoms with E-state index in [-0.39, 0.29) is 17.5 Å². The zero-order chi connectivity index (χ0) is 23.0. The number of hydrogen-bond donors (Lipinski definition) is 1. The van der Waals surface area contributed by atoms with Gasteiger partial charge in [0.1, 0.15) is 5.60 Å². The maximum Gasteiger partial charge on any atom is 0.410 e. The Labute approximate surface area is 186 Å². The molecule has 0 aliphatic carbocycles. The number of piperazine rings is 1. The van der Waals surface area contributed by atoms with Crippen LogP contribution in [0.4, 0.5) is 9.18 Å². The van der Waals surface area contributed by atoms with Gasteiger partial charge in [0.15, 0.2) is 11.4 Å². The minimum absolute atomic E-state index is 0.0538. The average molecular weight is 443 g/mol. The minimum atomic E-state index is -0.487. The van der Waals surface area contributed by atoms with Crippen LogP contribution in [0.5, 0.6) is 0 Å². The van der Waals surface area contributed by atoms with Crippen molar-refractivity contribution in [2.24, 2.45) is 0 Å². The predicted molar refractivity (Wildman–Crippen MR) is 124 cm³/mol. The Bertz CT molecular complexity index is 1200. The number of aromatic amines is 1. The van der Waals surface area contributed by atoms with E-state index in [9.17, 15) is 14.0 Å². The summed E-state index contributed by atoms with van der Waals surface area (Å²) in [5, 5.41) is 1.71. The fraction of sp³-hybridized carbons (Fsp3) is 0.500. The van der Waals surface area contributed by atoms with Gasteiger partial charge < -0.3 is 19.2 Å². The molecule has 2 aromatic heterocycles. The molecule has 1 amide bonds. The Morgan fingerprint density at radius 1 is 1.09 bits per heavy atom. The molecule has 1 fully saturated rings. The number of carbonyl (C=O) groups excluding carboxylic acids is 1. The number of amides is 1. The van der Waals surface area contributed by atoms with E-state index in [1.54, 1.807) is 17.0 Å². The van der Waals surface area contributed by atoms with Gasteiger partial charge in [0.05, 0.1) is 11.0 Å². The van der Waals surface area contributed by atoms with Gasteiger partial charge in [0.25, 0.3) is 0 Å². The Kier molecular flexibility index (Phi) is 5.99. The zero-order valence-electron chi connectivity index (χ0n) is 19.2. The largest absolute Gasteiger partial charge is 0.444 e. The van der Waals surface area contributed by atoms with Crippen LogP contribution in [-0.4, -0.2) is 63.8 Å². The molecule has 1 saturated heterocycles. The Morgan fingerprint density at radius 2 is 1.81 bits per heavy atom. The number of H-pyrrole nitrogens is 1. The number of benzene rings is 1. The number of fused-ring (bicyclic) bond motifs is 3. The second-order valence-electron chi connectivity index (χ2n) is 9.50. The number of rotatable bonds is 4. The fourth-order valence-corrected chi connectivity index (χ4v) is 4.47. The molecule has 32 heavy (non-hydrogen) atoms. The third kappa shape index (κ3) is 4.65. The SMILES string of the molecule is Cc1[nH]c(F)cc2c3ccc(=O)cc3n(CCCN3CCN(C(=O)OC(C)(C)C)CC3)c12. The summed E-state index contributed by atoms with van der Waals surface area (Å²) in [5.74, 6) is -0.386. The summed E-state index contributed by atoms with van der Waals surface area (Å²) in [5.41, 5.74) is 1.97. The lowest BCUT2D eigenvalue weighted by atomic mass is 10.1. The van der Waals surface area contributed by atoms with Crippen LogP contribution in [0.3, 0.4) is 0 Å². The number of pyridine rings is 1. The second kappa shape index (κ2) is 8.58. The van der Waals surface area contributed by atoms with Gasteiger partial charge in [-0.05, 0) is 52.8 Å². The van der Waals surface area contributed by atoms with E-state index in [1.165, 1.54) is 12.1 Å². The molecule has 0 radical (unpaired) electrons. The van der Waals surface area contributed by atoms with E-state index in [2.05, 4.69) is 14.5 Å². The summed E-state index contributed by atoms with van der Waals surface area (Å²) in [6.45, 7) is 12.0. The summed E-state index contributed by atoms with van der Waals surface area (Å²) in [6, 6.07) is 6.44. The molecule has 1 aromatic carbocycles. The number of ether oxygens (including phenoxy) is 1. The van der Waals surface area contributed by atoms with Gasteiger partial charge >= 0.3 is 6.09 Å². The highest BCUT2D eigenvalue weighted by Gasteiger charge is 2.25. The lowest BCUT2D eigenvalue weighted by Crippen LogP contribution is -2.50. The Balaban J connectivity index is 1.44. The topological polar surface area (TPSA) is 70.6 Å². The smallest absolute Gasteiger partial charge is 0.410 e. The predicted octanol–water partition coefficient (Wildman–Crippen LogP) is 3.87. The van der Waals surface area contributed by atoms with Crippen LogP contribution in [0.1, 0.15) is 32.9 Å². The lowest BCUT2D eigenvalue weighted by Gasteiger charge is -2.35. The van der Waals surface area contributed by atoms with Crippen molar-refractivity contribution >= 4 is 27.9 Å². The summed E-state index contributed by atoms with van der Waals surface area (Å²) < 4.78 is 21.6. The first-order valence-corrected chi connectivity index (χ1v) is 11.1. The Morgan fingerprint density at radius 3 is 2.50 bits per heavy atom. The van der Waals surface area contributed by atoms with Gasteiger partial charge in [-0.2, -0.15) is 4.39 Å². The number of halogens is 1. The molecule has 1 aliphatic heterocycles. The van der Waals surface area contributed by atoms with Crippen molar-refractivity contribution in [3.05, 3.63) is 46.1 Å². The fourth-order valence-electron chi connectivity index (χ4n) is 4.47. The van der Waals surface area contributed by atoms with Gasteiger partial charge in [-0.25, -0.2) is 4.79 Å². The highest BCUT2D eigenvalue weighted by Crippen LogP contribution is 2.30. The van der Waals surface area contributed by atoms with Crippen LogP contribution in [0.25, 0.3) is 21.8 Å². The lowest BCUT2D eigenvalue weighted by molar-refractivity contribution is 0.0144. The highest BCUT2D eigenvalue weighted by atomic mass is 19.1. The first-order chi connectivity index (χ1) is 15.1. The summed E-state index contributed by atoms with van der Waals surface area (Å²) in [4.78, 5) is 31.1. The molecule has 0 atom stereocenters. The number of aryl methyl sites for hydroxylation is 2. The van der Waals surface area contributed by atoms with Crippen LogP contribution in [-0.2, 0) is 11.3 Å². The number of carbonyl (C=O) groups is 1. The van der Waals surface area contributed by atoms with Gasteiger partial charge in [-0.15, -0.1) is 0 Å². The highest BCUT2D eigenvalue weighted by molar-refractivity contribution is 6.08. The third-order valence-electron chi connectivity index (χ3n) is 5.89. The molecule has 0 spiro atoms. The molecular weight excluding hydrogens is 411 g/mol. The van der Waals surface area contributed by atoms with Crippen molar-refractivity contribution in [2.45, 2.75) is 46.3 Å². The first-order valence-electron chi connectivity index (χ1n) is 11.1. The number of hydrogen-bond acceptors (Lipinski definition) is 4. The molecule has 172 valence electrons. The molecule has 3 aromatic rings. The van der Waals surface area contributed by atoms with Gasteiger partial charge in [-0.1, -0.05) is 0 Å². The maximum atomic E-state index is 14.0. The standard InChI is InChI=1S/C24H31FN4O3/c1-16-22-19(15-21(25)26-16)18-7-6-17(30)14-20(18)29(22)9-5-8-27-10-12-28(13-11-27)23(31)32-24(2,3)4/h6-7,14-15,26H,5,8-13H2,1-4H3. The Hall–Kier alpha value is -2.87. The van der Waals surface area contributed by atoms with Crippen LogP contribution in [0.2, 0.25) is 0 Å². The van der Waals surface area contributed by atoms with Crippen molar-refractivity contribution < 1.29 is 13.9 Å². The van der Waals surface area contributed by atoms with Crippen molar-refractivity contribution in [3.8, 4) is 0 Å². The van der Waals surface area contributed by atoms with Crippen molar-refractivity contribution in [1.82, 2.24) is 19.4 Å². The number of aromatic nitrogens is 2. The van der Waals surface area contributed by atoms with Gasteiger partial charge in [0.2, 0.25) is 0 Å². The van der Waals surface area contributed by atoms with Crippen LogP contribution in [0, 0.1) is 12.9 Å². The molecule has 0 unspecified atom stereocenters. The second-order valence-corrected chi connectivity index (χ2v) is 9.50. The van der Waals surface area contributed by atoms with E-state index < -0.39 is 5.60 Å². The van der Waals surface area contributed by atoms with Gasteiger partial charge in [-0.3, -0.25) is 9.69 Å². The molecule has 8 heteroatoms. The van der Waals surface area contributed by atoms with Crippen molar-refractivity contribution in [1.29, 1.82) is 0 Å².